The van der Waals surface area contributed by atoms with Crippen LogP contribution in [0.15, 0.2) is 0 Å². The Kier molecular flexibility index (Phi) is 39.2. The van der Waals surface area contributed by atoms with E-state index < -0.39 is 20.5 Å². The Bertz CT molecular complexity index is 599. The summed E-state index contributed by atoms with van der Waals surface area (Å²) in [6.45, 7) is 3.75. The number of ether oxygens (including phenoxy) is 2. The van der Waals surface area contributed by atoms with Gasteiger partial charge in [0.05, 0.1) is 21.0 Å². The van der Waals surface area contributed by atoms with Gasteiger partial charge in [0.15, 0.2) is 0 Å². The number of hydrogen-bond acceptors (Lipinski definition) is 9. The molecule has 40 heavy (non-hydrogen) atoms. The van der Waals surface area contributed by atoms with E-state index in [4.69, 9.17) is 4.74 Å². The summed E-state index contributed by atoms with van der Waals surface area (Å²) in [7, 11) is -5.12. The third-order valence-electron chi connectivity index (χ3n) is 6.51. The number of phosphoric acid groups is 1. The van der Waals surface area contributed by atoms with Gasteiger partial charge in [-0.3, -0.25) is 9.59 Å². The van der Waals surface area contributed by atoms with E-state index in [-0.39, 0.29) is 78.0 Å². The summed E-state index contributed by atoms with van der Waals surface area (Å²) in [6, 6.07) is 0. The summed E-state index contributed by atoms with van der Waals surface area (Å²) in [5.41, 5.74) is 0. The number of rotatable bonds is 30. The van der Waals surface area contributed by atoms with Crippen LogP contribution in [-0.2, 0) is 28.2 Å². The van der Waals surface area contributed by atoms with Crippen molar-refractivity contribution in [1.29, 1.82) is 0 Å². The minimum Gasteiger partial charge on any atom is -0.790 e. The third-order valence-corrected chi connectivity index (χ3v) is 6.97. The average Bonchev–Trinajstić information content (AvgIpc) is 2.88. The van der Waals surface area contributed by atoms with Crippen molar-refractivity contribution >= 4 is 20.3 Å². The standard InChI is InChI=1S/C28H56NO8P.2Na/c1-2-3-4-5-6-9-12-15-18-21-28(31)37-27(25-36-38(32,33)34)24-29-22-19-16-13-10-7-8-11-14-17-20-23-35-26-30;;/h26-27,29H,2-25H2,1H3,(H2,32,33,34);;/q;2*+1/p-2/t27-;;/m0../s1. The van der Waals surface area contributed by atoms with Crippen molar-refractivity contribution in [3.63, 3.8) is 0 Å². The summed E-state index contributed by atoms with van der Waals surface area (Å²) in [5, 5.41) is 3.19. The molecule has 0 rings (SSSR count). The van der Waals surface area contributed by atoms with Gasteiger partial charge in [0.1, 0.15) is 6.10 Å². The number of esters is 1. The summed E-state index contributed by atoms with van der Waals surface area (Å²) >= 11 is 0. The molecule has 1 atom stereocenters. The molecule has 0 amide bonds. The van der Waals surface area contributed by atoms with Gasteiger partial charge in [-0.25, -0.2) is 0 Å². The molecule has 226 valence electrons. The van der Waals surface area contributed by atoms with Gasteiger partial charge in [-0.15, -0.1) is 0 Å². The number of unbranched alkanes of at least 4 members (excludes halogenated alkanes) is 17. The quantitative estimate of drug-likeness (QED) is 0.0370. The summed E-state index contributed by atoms with van der Waals surface area (Å²) in [6.07, 6.45) is 21.1. The van der Waals surface area contributed by atoms with Crippen molar-refractivity contribution in [2.24, 2.45) is 0 Å². The van der Waals surface area contributed by atoms with Gasteiger partial charge in [0, 0.05) is 13.0 Å². The van der Waals surface area contributed by atoms with Crippen LogP contribution in [0.5, 0.6) is 0 Å². The molecule has 1 N–H and O–H groups in total. The van der Waals surface area contributed by atoms with Crippen molar-refractivity contribution in [3.05, 3.63) is 0 Å². The Morgan fingerprint density at radius 2 is 1.25 bits per heavy atom. The largest absolute Gasteiger partial charge is 1.00 e. The van der Waals surface area contributed by atoms with Gasteiger partial charge < -0.3 is 33.7 Å². The fraction of sp³-hybridized carbons (Fsp3) is 0.929. The molecule has 0 fully saturated rings. The molecular formula is C28H54NNa2O8P. The Morgan fingerprint density at radius 3 is 1.75 bits per heavy atom. The van der Waals surface area contributed by atoms with E-state index >= 15 is 0 Å². The van der Waals surface area contributed by atoms with E-state index in [9.17, 15) is 23.9 Å². The number of hydrogen-bond donors (Lipinski definition) is 1. The van der Waals surface area contributed by atoms with Crippen molar-refractivity contribution in [1.82, 2.24) is 5.32 Å². The first-order valence-electron chi connectivity index (χ1n) is 15.0. The van der Waals surface area contributed by atoms with E-state index in [1.165, 1.54) is 70.6 Å². The average molecular weight is 610 g/mol. The van der Waals surface area contributed by atoms with Crippen LogP contribution >= 0.6 is 7.82 Å². The minimum absolute atomic E-state index is 0. The molecule has 0 aromatic heterocycles. The van der Waals surface area contributed by atoms with Crippen LogP contribution in [0, 0.1) is 0 Å². The second kappa shape index (κ2) is 34.5. The van der Waals surface area contributed by atoms with E-state index in [1.807, 2.05) is 0 Å². The normalized spacial score (nSPS) is 11.8. The number of nitrogens with one attached hydrogen (secondary N) is 1. The number of carbonyl (C=O) groups is 2. The van der Waals surface area contributed by atoms with Gasteiger partial charge in [-0.05, 0) is 25.8 Å². The third kappa shape index (κ3) is 37.0. The Morgan fingerprint density at radius 1 is 0.775 bits per heavy atom. The van der Waals surface area contributed by atoms with Crippen LogP contribution in [0.2, 0.25) is 0 Å². The Labute approximate surface area is 288 Å². The molecule has 0 aromatic carbocycles. The first-order valence-corrected chi connectivity index (χ1v) is 16.5. The zero-order valence-corrected chi connectivity index (χ0v) is 30.7. The van der Waals surface area contributed by atoms with Crippen molar-refractivity contribution in [2.45, 2.75) is 141 Å². The van der Waals surface area contributed by atoms with E-state index in [0.29, 0.717) is 13.1 Å². The summed E-state index contributed by atoms with van der Waals surface area (Å²) in [5.74, 6) is -0.385. The zero-order chi connectivity index (χ0) is 28.2. The van der Waals surface area contributed by atoms with Crippen LogP contribution in [0.3, 0.4) is 0 Å². The van der Waals surface area contributed by atoms with Gasteiger partial charge >= 0.3 is 65.1 Å². The predicted molar refractivity (Wildman–Crippen MR) is 146 cm³/mol. The smallest absolute Gasteiger partial charge is 0.790 e. The molecule has 9 nitrogen and oxygen atoms in total. The summed E-state index contributed by atoms with van der Waals surface area (Å²) in [4.78, 5) is 44.0. The predicted octanol–water partition coefficient (Wildman–Crippen LogP) is -0.664. The molecule has 12 heteroatoms. The van der Waals surface area contributed by atoms with Crippen LogP contribution in [0.4, 0.5) is 0 Å². The van der Waals surface area contributed by atoms with Crippen LogP contribution < -0.4 is 74.2 Å². The minimum atomic E-state index is -5.12. The van der Waals surface area contributed by atoms with Gasteiger partial charge in [0.25, 0.3) is 6.47 Å². The maximum absolute atomic E-state index is 12.2. The number of carbonyl (C=O) groups excluding carboxylic acids is 2. The molecule has 0 aliphatic heterocycles. The number of phosphoric ester groups is 1. The fourth-order valence-corrected chi connectivity index (χ4v) is 4.64. The van der Waals surface area contributed by atoms with Gasteiger partial charge in [-0.1, -0.05) is 110 Å². The maximum atomic E-state index is 12.2. The second-order valence-electron chi connectivity index (χ2n) is 10.1. The second-order valence-corrected chi connectivity index (χ2v) is 11.3. The van der Waals surface area contributed by atoms with Crippen molar-refractivity contribution < 1.29 is 97.1 Å². The zero-order valence-electron chi connectivity index (χ0n) is 25.8. The molecule has 0 saturated heterocycles. The molecule has 0 aliphatic carbocycles. The Balaban J connectivity index is -0.00000684. The van der Waals surface area contributed by atoms with E-state index in [0.717, 1.165) is 57.9 Å². The van der Waals surface area contributed by atoms with E-state index in [2.05, 4.69) is 21.5 Å². The topological polar surface area (TPSA) is 137 Å². The van der Waals surface area contributed by atoms with Crippen molar-refractivity contribution in [2.75, 3.05) is 26.3 Å². The molecule has 0 bridgehead atoms. The molecular weight excluding hydrogens is 555 g/mol. The molecule has 0 saturated carbocycles. The van der Waals surface area contributed by atoms with Gasteiger partial charge in [0.2, 0.25) is 0 Å². The first-order chi connectivity index (χ1) is 18.4. The first kappa shape index (κ1) is 45.4. The van der Waals surface area contributed by atoms with Crippen LogP contribution in [0.1, 0.15) is 135 Å². The summed E-state index contributed by atoms with van der Waals surface area (Å²) < 4.78 is 25.3. The molecule has 0 unspecified atom stereocenters. The molecule has 0 spiro atoms. The van der Waals surface area contributed by atoms with Crippen LogP contribution in [0.25, 0.3) is 0 Å². The van der Waals surface area contributed by atoms with Crippen molar-refractivity contribution in [3.8, 4) is 0 Å². The Hall–Kier alpha value is 1.01. The van der Waals surface area contributed by atoms with E-state index in [1.54, 1.807) is 0 Å². The van der Waals surface area contributed by atoms with Gasteiger partial charge in [-0.2, -0.15) is 0 Å². The fourth-order valence-electron chi connectivity index (χ4n) is 4.29. The molecule has 0 aromatic rings. The van der Waals surface area contributed by atoms with Crippen LogP contribution in [-0.4, -0.2) is 44.8 Å². The molecule has 0 aliphatic rings. The molecule has 0 radical (unpaired) electrons. The SMILES string of the molecule is CCCCCCCCCCCC(=O)O[C@@H](CNCCCCCCCCCCCCOC=O)COP(=O)([O-])[O-].[Na+].[Na+]. The maximum Gasteiger partial charge on any atom is 1.00 e. The monoisotopic (exact) mass is 609 g/mol. The molecule has 0 heterocycles.